The van der Waals surface area contributed by atoms with Crippen molar-refractivity contribution in [3.05, 3.63) is 27.2 Å². The van der Waals surface area contributed by atoms with Crippen molar-refractivity contribution in [1.82, 2.24) is 10.6 Å². The summed E-state index contributed by atoms with van der Waals surface area (Å²) in [5.74, 6) is 0.0162. The smallest absolute Gasteiger partial charge is 0.257 e. The van der Waals surface area contributed by atoms with Crippen LogP contribution in [0, 0.1) is 5.92 Å². The fraction of sp³-hybridized carbons (Fsp3) is 0.462. The van der Waals surface area contributed by atoms with Crippen LogP contribution in [0.4, 0.5) is 0 Å². The SMILES string of the molecule is Cl.O=C(COc1cc(Cl)c(Cl)cc1Cl)NCC1CNCC1O. The molecule has 0 saturated carbocycles. The highest BCUT2D eigenvalue weighted by Gasteiger charge is 2.25. The molecule has 1 aliphatic heterocycles. The van der Waals surface area contributed by atoms with Crippen molar-refractivity contribution in [2.45, 2.75) is 6.10 Å². The van der Waals surface area contributed by atoms with Gasteiger partial charge in [0, 0.05) is 31.6 Å². The molecule has 1 heterocycles. The average molecular weight is 390 g/mol. The second kappa shape index (κ2) is 9.01. The third-order valence-electron chi connectivity index (χ3n) is 3.20. The first-order chi connectivity index (χ1) is 9.97. The molecule has 2 rings (SSSR count). The lowest BCUT2D eigenvalue weighted by Gasteiger charge is -2.14. The normalized spacial score (nSPS) is 20.4. The molecule has 2 atom stereocenters. The van der Waals surface area contributed by atoms with Crippen LogP contribution in [0.15, 0.2) is 12.1 Å². The summed E-state index contributed by atoms with van der Waals surface area (Å²) >= 11 is 17.6. The largest absolute Gasteiger partial charge is 0.482 e. The molecule has 1 amide bonds. The third-order valence-corrected chi connectivity index (χ3v) is 4.22. The quantitative estimate of drug-likeness (QED) is 0.674. The molecule has 1 aromatic carbocycles. The van der Waals surface area contributed by atoms with Gasteiger partial charge in [-0.15, -0.1) is 12.4 Å². The fourth-order valence-corrected chi connectivity index (χ4v) is 2.57. The Morgan fingerprint density at radius 2 is 1.95 bits per heavy atom. The standard InChI is InChI=1S/C13H15Cl3N2O3.ClH/c14-8-1-10(16)12(2-9(8)15)21-6-13(20)18-4-7-3-17-5-11(7)19;/h1-2,7,11,17,19H,3-6H2,(H,18,20);1H. The maximum atomic E-state index is 11.7. The van der Waals surface area contributed by atoms with Gasteiger partial charge in [-0.25, -0.2) is 0 Å². The summed E-state index contributed by atoms with van der Waals surface area (Å²) in [4.78, 5) is 11.7. The molecule has 0 aromatic heterocycles. The number of carbonyl (C=O) groups excluding carboxylic acids is 1. The Morgan fingerprint density at radius 1 is 1.27 bits per heavy atom. The second-order valence-corrected chi connectivity index (χ2v) is 6.00. The lowest BCUT2D eigenvalue weighted by Crippen LogP contribution is -2.36. The molecule has 5 nitrogen and oxygen atoms in total. The van der Waals surface area contributed by atoms with E-state index in [-0.39, 0.29) is 35.9 Å². The Kier molecular flexibility index (Phi) is 8.03. The molecule has 0 spiro atoms. The molecule has 3 N–H and O–H groups in total. The number of halogens is 4. The van der Waals surface area contributed by atoms with Crippen LogP contribution in [0.3, 0.4) is 0 Å². The van der Waals surface area contributed by atoms with E-state index in [1.54, 1.807) is 0 Å². The number of ether oxygens (including phenoxy) is 1. The van der Waals surface area contributed by atoms with E-state index in [0.717, 1.165) is 0 Å². The van der Waals surface area contributed by atoms with Gasteiger partial charge in [0.25, 0.3) is 5.91 Å². The van der Waals surface area contributed by atoms with Crippen LogP contribution in [0.2, 0.25) is 15.1 Å². The van der Waals surface area contributed by atoms with E-state index >= 15 is 0 Å². The lowest BCUT2D eigenvalue weighted by molar-refractivity contribution is -0.123. The minimum atomic E-state index is -0.435. The molecule has 124 valence electrons. The lowest BCUT2D eigenvalue weighted by atomic mass is 10.1. The average Bonchev–Trinajstić information content (AvgIpc) is 2.84. The topological polar surface area (TPSA) is 70.6 Å². The molecular weight excluding hydrogens is 374 g/mol. The summed E-state index contributed by atoms with van der Waals surface area (Å²) in [6, 6.07) is 2.92. The van der Waals surface area contributed by atoms with Crippen LogP contribution >= 0.6 is 47.2 Å². The Balaban J connectivity index is 0.00000242. The van der Waals surface area contributed by atoms with Gasteiger partial charge in [0.05, 0.1) is 21.2 Å². The number of benzene rings is 1. The zero-order valence-electron chi connectivity index (χ0n) is 11.4. The van der Waals surface area contributed by atoms with E-state index < -0.39 is 6.10 Å². The summed E-state index contributed by atoms with van der Waals surface area (Å²) in [5, 5.41) is 16.3. The Bertz CT molecular complexity index is 530. The van der Waals surface area contributed by atoms with Crippen LogP contribution in [0.1, 0.15) is 0 Å². The predicted octanol–water partition coefficient (Wildman–Crippen LogP) is 2.14. The molecule has 1 saturated heterocycles. The van der Waals surface area contributed by atoms with E-state index in [1.807, 2.05) is 0 Å². The summed E-state index contributed by atoms with van der Waals surface area (Å²) < 4.78 is 5.31. The van der Waals surface area contributed by atoms with Gasteiger partial charge in [0.15, 0.2) is 6.61 Å². The zero-order chi connectivity index (χ0) is 15.4. The molecule has 1 aromatic rings. The predicted molar refractivity (Wildman–Crippen MR) is 89.6 cm³/mol. The van der Waals surface area contributed by atoms with Gasteiger partial charge in [0.1, 0.15) is 5.75 Å². The van der Waals surface area contributed by atoms with E-state index in [2.05, 4.69) is 10.6 Å². The first-order valence-electron chi connectivity index (χ1n) is 6.40. The van der Waals surface area contributed by atoms with Crippen LogP contribution < -0.4 is 15.4 Å². The monoisotopic (exact) mass is 388 g/mol. The zero-order valence-corrected chi connectivity index (χ0v) is 14.5. The van der Waals surface area contributed by atoms with Crippen molar-refractivity contribution >= 4 is 53.1 Å². The van der Waals surface area contributed by atoms with Gasteiger partial charge < -0.3 is 20.5 Å². The number of aliphatic hydroxyl groups excluding tert-OH is 1. The number of hydrogen-bond donors (Lipinski definition) is 3. The van der Waals surface area contributed by atoms with Gasteiger partial charge in [-0.1, -0.05) is 34.8 Å². The van der Waals surface area contributed by atoms with Crippen molar-refractivity contribution in [3.8, 4) is 5.75 Å². The molecule has 1 aliphatic rings. The number of carbonyl (C=O) groups is 1. The number of amides is 1. The van der Waals surface area contributed by atoms with Crippen LogP contribution in [0.25, 0.3) is 0 Å². The Labute approximate surface area is 149 Å². The van der Waals surface area contributed by atoms with Crippen molar-refractivity contribution < 1.29 is 14.6 Å². The number of rotatable bonds is 5. The highest BCUT2D eigenvalue weighted by atomic mass is 35.5. The summed E-state index contributed by atoms with van der Waals surface area (Å²) in [6.07, 6.45) is -0.435. The fourth-order valence-electron chi connectivity index (χ4n) is 1.98. The van der Waals surface area contributed by atoms with E-state index in [0.29, 0.717) is 35.4 Å². The summed E-state index contributed by atoms with van der Waals surface area (Å²) in [6.45, 7) is 1.44. The molecule has 9 heteroatoms. The van der Waals surface area contributed by atoms with E-state index in [9.17, 15) is 9.90 Å². The maximum absolute atomic E-state index is 11.7. The highest BCUT2D eigenvalue weighted by molar-refractivity contribution is 6.43. The van der Waals surface area contributed by atoms with E-state index in [1.165, 1.54) is 12.1 Å². The first kappa shape index (κ1) is 19.6. The Hall–Kier alpha value is -0.430. The van der Waals surface area contributed by atoms with Crippen LogP contribution in [-0.2, 0) is 4.79 Å². The molecule has 0 aliphatic carbocycles. The Morgan fingerprint density at radius 3 is 2.59 bits per heavy atom. The molecule has 0 radical (unpaired) electrons. The van der Waals surface area contributed by atoms with Crippen LogP contribution in [-0.4, -0.2) is 43.4 Å². The number of nitrogens with one attached hydrogen (secondary N) is 2. The molecule has 1 fully saturated rings. The van der Waals surface area contributed by atoms with Crippen LogP contribution in [0.5, 0.6) is 5.75 Å². The third kappa shape index (κ3) is 5.33. The number of hydrogen-bond acceptors (Lipinski definition) is 4. The van der Waals surface area contributed by atoms with Gasteiger partial charge in [-0.05, 0) is 6.07 Å². The minimum Gasteiger partial charge on any atom is -0.482 e. The molecule has 22 heavy (non-hydrogen) atoms. The van der Waals surface area contributed by atoms with Crippen molar-refractivity contribution in [3.63, 3.8) is 0 Å². The maximum Gasteiger partial charge on any atom is 0.257 e. The highest BCUT2D eigenvalue weighted by Crippen LogP contribution is 2.33. The number of aliphatic hydroxyl groups is 1. The second-order valence-electron chi connectivity index (χ2n) is 4.78. The summed E-state index contributed by atoms with van der Waals surface area (Å²) in [5.41, 5.74) is 0. The van der Waals surface area contributed by atoms with E-state index in [4.69, 9.17) is 39.5 Å². The molecular formula is C13H16Cl4N2O3. The molecule has 2 unspecified atom stereocenters. The van der Waals surface area contributed by atoms with Crippen molar-refractivity contribution in [1.29, 1.82) is 0 Å². The molecule has 0 bridgehead atoms. The van der Waals surface area contributed by atoms with Gasteiger partial charge in [-0.2, -0.15) is 0 Å². The van der Waals surface area contributed by atoms with Crippen molar-refractivity contribution in [2.75, 3.05) is 26.2 Å². The summed E-state index contributed by atoms with van der Waals surface area (Å²) in [7, 11) is 0. The van der Waals surface area contributed by atoms with Gasteiger partial charge in [-0.3, -0.25) is 4.79 Å². The van der Waals surface area contributed by atoms with Crippen molar-refractivity contribution in [2.24, 2.45) is 5.92 Å². The minimum absolute atomic E-state index is 0. The van der Waals surface area contributed by atoms with Gasteiger partial charge >= 0.3 is 0 Å². The van der Waals surface area contributed by atoms with Gasteiger partial charge in [0.2, 0.25) is 0 Å². The first-order valence-corrected chi connectivity index (χ1v) is 7.53. The number of β-amino-alcohol motifs (C(OH)–C–C–N with tert-alkyl or cyclic N) is 1.